The Kier molecular flexibility index (Phi) is 7.13. The summed E-state index contributed by atoms with van der Waals surface area (Å²) < 4.78 is 5.86. The second-order valence-corrected chi connectivity index (χ2v) is 7.26. The Bertz CT molecular complexity index is 689. The predicted molar refractivity (Wildman–Crippen MR) is 103 cm³/mol. The van der Waals surface area contributed by atoms with Gasteiger partial charge in [0.05, 0.1) is 31.6 Å². The molecule has 2 N–H and O–H groups in total. The zero-order chi connectivity index (χ0) is 19.9. The molecule has 0 aromatic carbocycles. The summed E-state index contributed by atoms with van der Waals surface area (Å²) >= 11 is 0. The number of carbonyl (C=O) groups is 2. The van der Waals surface area contributed by atoms with Gasteiger partial charge in [-0.05, 0) is 19.2 Å². The molecule has 1 aromatic rings. The van der Waals surface area contributed by atoms with Crippen LogP contribution in [0.1, 0.15) is 12.1 Å². The van der Waals surface area contributed by atoms with Gasteiger partial charge >= 0.3 is 0 Å². The fourth-order valence-electron chi connectivity index (χ4n) is 3.40. The van der Waals surface area contributed by atoms with E-state index in [9.17, 15) is 14.7 Å². The minimum atomic E-state index is -0.581. The van der Waals surface area contributed by atoms with Gasteiger partial charge in [-0.25, -0.2) is 0 Å². The van der Waals surface area contributed by atoms with E-state index in [2.05, 4.69) is 15.2 Å². The van der Waals surface area contributed by atoms with Crippen LogP contribution in [0.4, 0.5) is 0 Å². The van der Waals surface area contributed by atoms with Crippen molar-refractivity contribution in [2.45, 2.75) is 31.1 Å². The Morgan fingerprint density at radius 3 is 2.71 bits per heavy atom. The van der Waals surface area contributed by atoms with Crippen molar-refractivity contribution < 1.29 is 19.4 Å². The molecule has 8 nitrogen and oxygen atoms in total. The quantitative estimate of drug-likeness (QED) is 0.644. The minimum Gasteiger partial charge on any atom is -0.394 e. The average molecular weight is 388 g/mol. The first kappa shape index (κ1) is 20.4. The number of aromatic nitrogens is 1. The van der Waals surface area contributed by atoms with Crippen molar-refractivity contribution in [3.63, 3.8) is 0 Å². The lowest BCUT2D eigenvalue weighted by Gasteiger charge is -2.35. The Morgan fingerprint density at radius 2 is 2.04 bits per heavy atom. The van der Waals surface area contributed by atoms with Crippen LogP contribution in [0.2, 0.25) is 0 Å². The van der Waals surface area contributed by atoms with E-state index < -0.39 is 18.2 Å². The molecule has 0 spiro atoms. The first-order valence-corrected chi connectivity index (χ1v) is 9.65. The molecule has 2 amide bonds. The maximum absolute atomic E-state index is 12.5. The lowest BCUT2D eigenvalue weighted by Crippen LogP contribution is -2.50. The minimum absolute atomic E-state index is 0.0528. The van der Waals surface area contributed by atoms with Crippen molar-refractivity contribution in [1.82, 2.24) is 20.1 Å². The number of ether oxygens (including phenoxy) is 1. The van der Waals surface area contributed by atoms with E-state index >= 15 is 0 Å². The zero-order valence-electron chi connectivity index (χ0n) is 16.2. The Morgan fingerprint density at radius 1 is 1.25 bits per heavy atom. The van der Waals surface area contributed by atoms with Gasteiger partial charge in [-0.3, -0.25) is 14.6 Å². The van der Waals surface area contributed by atoms with Gasteiger partial charge < -0.3 is 25.0 Å². The van der Waals surface area contributed by atoms with Crippen LogP contribution >= 0.6 is 0 Å². The van der Waals surface area contributed by atoms with Crippen LogP contribution < -0.4 is 5.32 Å². The van der Waals surface area contributed by atoms with Gasteiger partial charge in [0, 0.05) is 38.1 Å². The number of likely N-dealkylation sites (N-methyl/N-ethyl adjacent to an activating group) is 1. The molecule has 0 radical (unpaired) electrons. The molecule has 0 bridgehead atoms. The van der Waals surface area contributed by atoms with Crippen molar-refractivity contribution in [2.75, 3.05) is 39.8 Å². The summed E-state index contributed by atoms with van der Waals surface area (Å²) in [6.07, 6.45) is 4.68. The molecule has 1 aromatic heterocycles. The zero-order valence-corrected chi connectivity index (χ0v) is 16.2. The molecule has 3 heterocycles. The smallest absolute Gasteiger partial charge is 0.226 e. The largest absolute Gasteiger partial charge is 0.394 e. The highest BCUT2D eigenvalue weighted by Crippen LogP contribution is 2.17. The van der Waals surface area contributed by atoms with Gasteiger partial charge in [0.25, 0.3) is 0 Å². The molecule has 28 heavy (non-hydrogen) atoms. The summed E-state index contributed by atoms with van der Waals surface area (Å²) in [5, 5.41) is 12.5. The number of aliphatic hydroxyl groups is 1. The molecule has 3 rings (SSSR count). The topological polar surface area (TPSA) is 95.0 Å². The summed E-state index contributed by atoms with van der Waals surface area (Å²) in [6, 6.07) is 4.98. The van der Waals surface area contributed by atoms with Gasteiger partial charge in [0.1, 0.15) is 6.10 Å². The van der Waals surface area contributed by atoms with Crippen molar-refractivity contribution in [3.8, 4) is 0 Å². The Labute approximate surface area is 165 Å². The molecular formula is C20H28N4O4. The third-order valence-electron chi connectivity index (χ3n) is 5.09. The summed E-state index contributed by atoms with van der Waals surface area (Å²) in [4.78, 5) is 32.9. The van der Waals surface area contributed by atoms with Crippen molar-refractivity contribution in [2.24, 2.45) is 0 Å². The van der Waals surface area contributed by atoms with Crippen LogP contribution in [0.25, 0.3) is 0 Å². The van der Waals surface area contributed by atoms with Gasteiger partial charge in [-0.2, -0.15) is 0 Å². The van der Waals surface area contributed by atoms with E-state index in [0.717, 1.165) is 26.2 Å². The number of hydrogen-bond donors (Lipinski definition) is 2. The number of rotatable bonds is 6. The summed E-state index contributed by atoms with van der Waals surface area (Å²) in [6.45, 7) is 2.95. The van der Waals surface area contributed by atoms with Crippen LogP contribution in [-0.2, 0) is 20.7 Å². The van der Waals surface area contributed by atoms with Crippen molar-refractivity contribution in [3.05, 3.63) is 42.2 Å². The van der Waals surface area contributed by atoms with E-state index in [4.69, 9.17) is 4.74 Å². The lowest BCUT2D eigenvalue weighted by atomic mass is 10.0. The molecule has 2 aliphatic rings. The molecule has 1 saturated heterocycles. The first-order valence-electron chi connectivity index (χ1n) is 9.65. The summed E-state index contributed by atoms with van der Waals surface area (Å²) in [5.74, 6) is -0.139. The molecule has 152 valence electrons. The molecule has 0 saturated carbocycles. The van der Waals surface area contributed by atoms with Crippen molar-refractivity contribution in [1.29, 1.82) is 0 Å². The fourth-order valence-corrected chi connectivity index (χ4v) is 3.40. The molecule has 0 aliphatic carbocycles. The van der Waals surface area contributed by atoms with Crippen LogP contribution in [0.3, 0.4) is 0 Å². The third-order valence-corrected chi connectivity index (χ3v) is 5.09. The standard InChI is InChI=1S/C20H28N4O4/c1-23-8-10-24(11-9-23)20(27)13-16-5-6-17(18(14-25)28-16)22-19(26)12-15-4-2-3-7-21-15/h2-7,16-18,25H,8-14H2,1H3,(H,22,26)/t16-,17-,18-/m0/s1. The molecule has 3 atom stereocenters. The number of amides is 2. The highest BCUT2D eigenvalue weighted by Gasteiger charge is 2.30. The van der Waals surface area contributed by atoms with Crippen molar-refractivity contribution >= 4 is 11.8 Å². The number of nitrogens with zero attached hydrogens (tertiary/aromatic N) is 3. The molecular weight excluding hydrogens is 360 g/mol. The molecule has 0 unspecified atom stereocenters. The third kappa shape index (κ3) is 5.60. The highest BCUT2D eigenvalue weighted by molar-refractivity contribution is 5.79. The van der Waals surface area contributed by atoms with E-state index in [-0.39, 0.29) is 31.3 Å². The van der Waals surface area contributed by atoms with E-state index in [1.807, 2.05) is 24.1 Å². The number of carbonyl (C=O) groups excluding carboxylic acids is 2. The highest BCUT2D eigenvalue weighted by atomic mass is 16.5. The van der Waals surface area contributed by atoms with E-state index in [0.29, 0.717) is 5.69 Å². The second-order valence-electron chi connectivity index (χ2n) is 7.26. The first-order chi connectivity index (χ1) is 13.5. The maximum atomic E-state index is 12.5. The average Bonchev–Trinajstić information content (AvgIpc) is 2.70. The predicted octanol–water partition coefficient (Wildman–Crippen LogP) is -0.411. The molecule has 2 aliphatic heterocycles. The molecule has 1 fully saturated rings. The number of pyridine rings is 1. The van der Waals surface area contributed by atoms with Gasteiger partial charge in [-0.1, -0.05) is 18.2 Å². The number of piperazine rings is 1. The monoisotopic (exact) mass is 388 g/mol. The SMILES string of the molecule is CN1CCN(C(=O)C[C@@H]2C=C[C@H](NC(=O)Cc3ccccn3)[C@H](CO)O2)CC1. The van der Waals surface area contributed by atoms with Gasteiger partial charge in [0.15, 0.2) is 0 Å². The Balaban J connectivity index is 1.51. The maximum Gasteiger partial charge on any atom is 0.226 e. The van der Waals surface area contributed by atoms with Crippen LogP contribution in [-0.4, -0.2) is 89.8 Å². The number of nitrogens with one attached hydrogen (secondary N) is 1. The van der Waals surface area contributed by atoms with Crippen LogP contribution in [0.15, 0.2) is 36.5 Å². The number of hydrogen-bond acceptors (Lipinski definition) is 6. The van der Waals surface area contributed by atoms with E-state index in [1.165, 1.54) is 0 Å². The van der Waals surface area contributed by atoms with E-state index in [1.54, 1.807) is 24.4 Å². The van der Waals surface area contributed by atoms with Gasteiger partial charge in [0.2, 0.25) is 11.8 Å². The summed E-state index contributed by atoms with van der Waals surface area (Å²) in [7, 11) is 2.04. The lowest BCUT2D eigenvalue weighted by molar-refractivity contribution is -0.137. The van der Waals surface area contributed by atoms with Crippen LogP contribution in [0.5, 0.6) is 0 Å². The van der Waals surface area contributed by atoms with Crippen LogP contribution in [0, 0.1) is 0 Å². The molecule has 8 heteroatoms. The normalized spacial score (nSPS) is 25.5. The Hall–Kier alpha value is -2.29. The summed E-state index contributed by atoms with van der Waals surface area (Å²) in [5.41, 5.74) is 0.678. The fraction of sp³-hybridized carbons (Fsp3) is 0.550. The van der Waals surface area contributed by atoms with Gasteiger partial charge in [-0.15, -0.1) is 0 Å². The number of aliphatic hydroxyl groups excluding tert-OH is 1. The second kappa shape index (κ2) is 9.77.